The van der Waals surface area contributed by atoms with Crippen molar-refractivity contribution in [3.8, 4) is 0 Å². The fourth-order valence-electron chi connectivity index (χ4n) is 3.77. The van der Waals surface area contributed by atoms with Crippen LogP contribution in [0.15, 0.2) is 0 Å². The van der Waals surface area contributed by atoms with Crippen molar-refractivity contribution in [3.63, 3.8) is 0 Å². The summed E-state index contributed by atoms with van der Waals surface area (Å²) in [6.07, 6.45) is 7.43. The Balaban J connectivity index is 1.35. The van der Waals surface area contributed by atoms with Crippen LogP contribution in [0.3, 0.4) is 0 Å². The van der Waals surface area contributed by atoms with Crippen LogP contribution in [-0.2, 0) is 19.4 Å². The molecule has 0 bridgehead atoms. The number of fused-ring (bicyclic) bond motifs is 1. The van der Waals surface area contributed by atoms with Gasteiger partial charge in [-0.1, -0.05) is 24.7 Å². The number of piperidine rings is 1. The molecule has 140 valence electrons. The predicted octanol–water partition coefficient (Wildman–Crippen LogP) is 2.83. The van der Waals surface area contributed by atoms with E-state index in [0.29, 0.717) is 11.0 Å². The summed E-state index contributed by atoms with van der Waals surface area (Å²) in [4.78, 5) is 14.3. The molecular weight excluding hydrogens is 350 g/mol. The van der Waals surface area contributed by atoms with E-state index < -0.39 is 0 Å². The van der Waals surface area contributed by atoms with Gasteiger partial charge in [0.05, 0.1) is 0 Å². The summed E-state index contributed by atoms with van der Waals surface area (Å²) in [6.45, 7) is 4.54. The summed E-state index contributed by atoms with van der Waals surface area (Å²) in [5, 5.41) is 21.4. The molecule has 2 aliphatic heterocycles. The molecule has 4 heterocycles. The number of nitrogens with one attached hydrogen (secondary N) is 1. The molecule has 0 unspecified atom stereocenters. The number of anilines is 1. The number of rotatable bonds is 3. The van der Waals surface area contributed by atoms with Crippen LogP contribution in [0.1, 0.15) is 61.6 Å². The molecule has 26 heavy (non-hydrogen) atoms. The highest BCUT2D eigenvalue weighted by Gasteiger charge is 2.28. The Labute approximate surface area is 157 Å². The lowest BCUT2D eigenvalue weighted by atomic mass is 9.96. The van der Waals surface area contributed by atoms with Gasteiger partial charge in [-0.25, -0.2) is 4.79 Å². The summed E-state index contributed by atoms with van der Waals surface area (Å²) in [6, 6.07) is -0.0812. The van der Waals surface area contributed by atoms with E-state index in [9.17, 15) is 4.79 Å². The zero-order valence-electron chi connectivity index (χ0n) is 15.1. The SMILES string of the molecule is CCc1nnc(NC(=O)N2CCC(c3nnc4n3CCCCC4)CC2)s1. The molecule has 9 heteroatoms. The molecule has 2 aromatic rings. The second-order valence-corrected chi connectivity index (χ2v) is 8.04. The topological polar surface area (TPSA) is 88.8 Å². The number of likely N-dealkylation sites (tertiary alicyclic amines) is 1. The first-order valence-corrected chi connectivity index (χ1v) is 10.4. The minimum Gasteiger partial charge on any atom is -0.324 e. The number of nitrogens with zero attached hydrogens (tertiary/aromatic N) is 6. The quantitative estimate of drug-likeness (QED) is 0.891. The van der Waals surface area contributed by atoms with Crippen molar-refractivity contribution < 1.29 is 4.79 Å². The average molecular weight is 376 g/mol. The molecule has 2 amide bonds. The van der Waals surface area contributed by atoms with Gasteiger partial charge in [-0.2, -0.15) is 0 Å². The van der Waals surface area contributed by atoms with Crippen molar-refractivity contribution in [1.29, 1.82) is 0 Å². The molecule has 0 spiro atoms. The van der Waals surface area contributed by atoms with Gasteiger partial charge in [-0.3, -0.25) is 5.32 Å². The number of carbonyl (C=O) groups is 1. The summed E-state index contributed by atoms with van der Waals surface area (Å²) in [7, 11) is 0. The van der Waals surface area contributed by atoms with Crippen molar-refractivity contribution in [2.24, 2.45) is 0 Å². The third kappa shape index (κ3) is 3.58. The van der Waals surface area contributed by atoms with Gasteiger partial charge in [0.15, 0.2) is 0 Å². The van der Waals surface area contributed by atoms with Crippen LogP contribution in [0.4, 0.5) is 9.93 Å². The molecule has 8 nitrogen and oxygen atoms in total. The summed E-state index contributed by atoms with van der Waals surface area (Å²) < 4.78 is 2.33. The van der Waals surface area contributed by atoms with E-state index in [1.807, 2.05) is 11.8 Å². The summed E-state index contributed by atoms with van der Waals surface area (Å²) >= 11 is 1.44. The highest BCUT2D eigenvalue weighted by Crippen LogP contribution is 2.29. The van der Waals surface area contributed by atoms with Crippen molar-refractivity contribution >= 4 is 22.5 Å². The average Bonchev–Trinajstić information content (AvgIpc) is 3.22. The molecule has 1 fully saturated rings. The predicted molar refractivity (Wildman–Crippen MR) is 99.4 cm³/mol. The number of carbonyl (C=O) groups excluding carboxylic acids is 1. The van der Waals surface area contributed by atoms with Gasteiger partial charge in [0.1, 0.15) is 16.7 Å². The molecule has 0 aliphatic carbocycles. The summed E-state index contributed by atoms with van der Waals surface area (Å²) in [5.74, 6) is 2.66. The van der Waals surface area contributed by atoms with Crippen LogP contribution >= 0.6 is 11.3 Å². The first-order valence-electron chi connectivity index (χ1n) is 9.55. The highest BCUT2D eigenvalue weighted by atomic mass is 32.1. The molecule has 2 aliphatic rings. The molecule has 0 atom stereocenters. The Morgan fingerprint density at radius 1 is 1.12 bits per heavy atom. The standard InChI is InChI=1S/C17H25N7OS/c1-2-14-20-22-16(26-14)18-17(25)23-10-7-12(8-11-23)15-21-19-13-6-4-3-5-9-24(13)15/h12H,2-11H2,1H3,(H,18,22,25). The number of hydrogen-bond acceptors (Lipinski definition) is 6. The Hall–Kier alpha value is -2.03. The molecule has 1 N–H and O–H groups in total. The van der Waals surface area contributed by atoms with E-state index in [2.05, 4.69) is 30.3 Å². The van der Waals surface area contributed by atoms with Gasteiger partial charge in [0, 0.05) is 32.0 Å². The van der Waals surface area contributed by atoms with Gasteiger partial charge in [0.25, 0.3) is 0 Å². The van der Waals surface area contributed by atoms with Crippen LogP contribution in [0.2, 0.25) is 0 Å². The van der Waals surface area contributed by atoms with Gasteiger partial charge in [-0.15, -0.1) is 20.4 Å². The maximum Gasteiger partial charge on any atom is 0.323 e. The van der Waals surface area contributed by atoms with Crippen LogP contribution in [0.5, 0.6) is 0 Å². The van der Waals surface area contributed by atoms with Crippen molar-refractivity contribution in [2.75, 3.05) is 18.4 Å². The molecule has 0 aromatic carbocycles. The van der Waals surface area contributed by atoms with E-state index >= 15 is 0 Å². The van der Waals surface area contributed by atoms with Crippen LogP contribution in [0, 0.1) is 0 Å². The first kappa shape index (κ1) is 17.4. The minimum absolute atomic E-state index is 0.0812. The monoisotopic (exact) mass is 375 g/mol. The number of aryl methyl sites for hydroxylation is 2. The zero-order valence-corrected chi connectivity index (χ0v) is 16.0. The number of amides is 2. The van der Waals surface area contributed by atoms with E-state index in [4.69, 9.17) is 0 Å². The fraction of sp³-hybridized carbons (Fsp3) is 0.706. The molecule has 0 radical (unpaired) electrons. The van der Waals surface area contributed by atoms with Crippen LogP contribution in [0.25, 0.3) is 0 Å². The van der Waals surface area contributed by atoms with Crippen LogP contribution in [-0.4, -0.2) is 49.0 Å². The Morgan fingerprint density at radius 2 is 1.96 bits per heavy atom. The largest absolute Gasteiger partial charge is 0.324 e. The molecule has 1 saturated heterocycles. The second-order valence-electron chi connectivity index (χ2n) is 6.98. The Bertz CT molecular complexity index is 763. The fourth-order valence-corrected chi connectivity index (χ4v) is 4.44. The van der Waals surface area contributed by atoms with E-state index in [0.717, 1.165) is 62.0 Å². The molecular formula is C17H25N7OS. The number of urea groups is 1. The maximum atomic E-state index is 12.5. The van der Waals surface area contributed by atoms with Crippen LogP contribution < -0.4 is 5.32 Å². The van der Waals surface area contributed by atoms with E-state index in [-0.39, 0.29) is 6.03 Å². The van der Waals surface area contributed by atoms with E-state index in [1.54, 1.807) is 0 Å². The molecule has 2 aromatic heterocycles. The summed E-state index contributed by atoms with van der Waals surface area (Å²) in [5.41, 5.74) is 0. The van der Waals surface area contributed by atoms with Crippen molar-refractivity contribution in [1.82, 2.24) is 29.9 Å². The maximum absolute atomic E-state index is 12.5. The lowest BCUT2D eigenvalue weighted by Crippen LogP contribution is -2.41. The smallest absolute Gasteiger partial charge is 0.323 e. The van der Waals surface area contributed by atoms with Gasteiger partial charge >= 0.3 is 6.03 Å². The van der Waals surface area contributed by atoms with Gasteiger partial charge in [-0.05, 0) is 32.1 Å². The third-order valence-corrected chi connectivity index (χ3v) is 6.25. The van der Waals surface area contributed by atoms with Crippen molar-refractivity contribution in [2.45, 2.75) is 64.3 Å². The number of aromatic nitrogens is 5. The van der Waals surface area contributed by atoms with Gasteiger partial charge in [0.2, 0.25) is 5.13 Å². The third-order valence-electron chi connectivity index (χ3n) is 5.27. The van der Waals surface area contributed by atoms with Gasteiger partial charge < -0.3 is 9.47 Å². The molecule has 0 saturated carbocycles. The van der Waals surface area contributed by atoms with E-state index in [1.165, 1.54) is 30.6 Å². The first-order chi connectivity index (χ1) is 12.7. The Kier molecular flexibility index (Phi) is 5.14. The lowest BCUT2D eigenvalue weighted by molar-refractivity contribution is 0.192. The highest BCUT2D eigenvalue weighted by molar-refractivity contribution is 7.15. The normalized spacial score (nSPS) is 18.4. The molecule has 4 rings (SSSR count). The lowest BCUT2D eigenvalue weighted by Gasteiger charge is -2.31. The zero-order chi connectivity index (χ0) is 17.9. The minimum atomic E-state index is -0.0812. The number of hydrogen-bond donors (Lipinski definition) is 1. The second kappa shape index (κ2) is 7.69. The van der Waals surface area contributed by atoms with Crippen molar-refractivity contribution in [3.05, 3.63) is 16.7 Å². The Morgan fingerprint density at radius 3 is 2.73 bits per heavy atom.